The molecule has 0 radical (unpaired) electrons. The maximum absolute atomic E-state index is 5.65. The SMILES string of the molecule is Cc1nccn1-c1ccccc1-c1nc2cc(-c3cnc(N)nc3)ccc2n1C(C)(C)C. The number of hydrogen-bond acceptors (Lipinski definition) is 5. The smallest absolute Gasteiger partial charge is 0.219 e. The van der Waals surface area contributed by atoms with Crippen molar-refractivity contribution in [2.45, 2.75) is 33.2 Å². The monoisotopic (exact) mass is 423 g/mol. The van der Waals surface area contributed by atoms with Crippen LogP contribution >= 0.6 is 0 Å². The summed E-state index contributed by atoms with van der Waals surface area (Å²) in [6, 6.07) is 14.6. The highest BCUT2D eigenvalue weighted by atomic mass is 15.1. The van der Waals surface area contributed by atoms with Crippen LogP contribution in [-0.2, 0) is 5.54 Å². The maximum Gasteiger partial charge on any atom is 0.219 e. The van der Waals surface area contributed by atoms with Crippen LogP contribution in [0.4, 0.5) is 5.95 Å². The van der Waals surface area contributed by atoms with Crippen molar-refractivity contribution < 1.29 is 0 Å². The molecule has 0 saturated heterocycles. The van der Waals surface area contributed by atoms with E-state index in [-0.39, 0.29) is 11.5 Å². The zero-order chi connectivity index (χ0) is 22.5. The number of rotatable bonds is 3. The number of anilines is 1. The van der Waals surface area contributed by atoms with Gasteiger partial charge in [-0.3, -0.25) is 0 Å². The minimum absolute atomic E-state index is 0.174. The second-order valence-electron chi connectivity index (χ2n) is 8.84. The molecule has 0 amide bonds. The number of aromatic nitrogens is 6. The predicted octanol–water partition coefficient (Wildman–Crippen LogP) is 4.99. The van der Waals surface area contributed by atoms with Gasteiger partial charge in [0.15, 0.2) is 0 Å². The third-order valence-electron chi connectivity index (χ3n) is 5.56. The Kier molecular flexibility index (Phi) is 4.55. The lowest BCUT2D eigenvalue weighted by Crippen LogP contribution is -2.23. The molecule has 5 rings (SSSR count). The zero-order valence-corrected chi connectivity index (χ0v) is 18.6. The highest BCUT2D eigenvalue weighted by molar-refractivity contribution is 5.87. The van der Waals surface area contributed by atoms with Crippen LogP contribution in [0.3, 0.4) is 0 Å². The fourth-order valence-electron chi connectivity index (χ4n) is 4.11. The molecule has 32 heavy (non-hydrogen) atoms. The van der Waals surface area contributed by atoms with Gasteiger partial charge in [-0.05, 0) is 57.5 Å². The first-order valence-corrected chi connectivity index (χ1v) is 10.5. The van der Waals surface area contributed by atoms with E-state index in [9.17, 15) is 0 Å². The fourth-order valence-corrected chi connectivity index (χ4v) is 4.11. The van der Waals surface area contributed by atoms with Gasteiger partial charge in [0, 0.05) is 41.5 Å². The molecule has 0 unspecified atom stereocenters. The average Bonchev–Trinajstić information content (AvgIpc) is 3.37. The number of nitrogen functional groups attached to an aromatic ring is 1. The zero-order valence-electron chi connectivity index (χ0n) is 18.6. The number of fused-ring (bicyclic) bond motifs is 1. The lowest BCUT2D eigenvalue weighted by molar-refractivity contribution is 0.413. The Morgan fingerprint density at radius 3 is 2.34 bits per heavy atom. The van der Waals surface area contributed by atoms with Gasteiger partial charge in [-0.1, -0.05) is 18.2 Å². The molecule has 0 saturated carbocycles. The van der Waals surface area contributed by atoms with Crippen LogP contribution in [0, 0.1) is 6.92 Å². The third kappa shape index (κ3) is 3.32. The van der Waals surface area contributed by atoms with Gasteiger partial charge in [-0.2, -0.15) is 0 Å². The van der Waals surface area contributed by atoms with Crippen LogP contribution in [0.2, 0.25) is 0 Å². The van der Waals surface area contributed by atoms with E-state index >= 15 is 0 Å². The van der Waals surface area contributed by atoms with Crippen LogP contribution in [0.25, 0.3) is 39.2 Å². The lowest BCUT2D eigenvalue weighted by Gasteiger charge is -2.25. The first-order valence-electron chi connectivity index (χ1n) is 10.5. The second-order valence-corrected chi connectivity index (χ2v) is 8.84. The van der Waals surface area contributed by atoms with Crippen molar-refractivity contribution in [3.8, 4) is 28.2 Å². The first kappa shape index (κ1) is 19.9. The van der Waals surface area contributed by atoms with Crippen LogP contribution in [0.15, 0.2) is 67.3 Å². The van der Waals surface area contributed by atoms with Gasteiger partial charge in [0.1, 0.15) is 11.6 Å². The van der Waals surface area contributed by atoms with Crippen molar-refractivity contribution in [2.24, 2.45) is 0 Å². The van der Waals surface area contributed by atoms with Gasteiger partial charge in [0.2, 0.25) is 5.95 Å². The molecule has 2 N–H and O–H groups in total. The van der Waals surface area contributed by atoms with Crippen molar-refractivity contribution in [3.05, 3.63) is 73.1 Å². The largest absolute Gasteiger partial charge is 0.368 e. The average molecular weight is 424 g/mol. The molecule has 7 heteroatoms. The normalized spacial score (nSPS) is 11.9. The fraction of sp³-hybridized carbons (Fsp3) is 0.200. The Labute approximate surface area is 186 Å². The number of para-hydroxylation sites is 1. The summed E-state index contributed by atoms with van der Waals surface area (Å²) in [6.45, 7) is 8.60. The molecule has 3 heterocycles. The molecule has 0 aliphatic rings. The molecule has 0 aliphatic heterocycles. The standard InChI is InChI=1S/C25H25N7/c1-16-27-11-12-31(16)21-8-6-5-7-19(21)23-30-20-13-17(18-14-28-24(26)29-15-18)9-10-22(20)32(23)25(2,3)4/h5-15H,1-4H3,(H2,26,28,29). The predicted molar refractivity (Wildman–Crippen MR) is 127 cm³/mol. The Morgan fingerprint density at radius 1 is 0.906 bits per heavy atom. The Morgan fingerprint density at radius 2 is 1.66 bits per heavy atom. The van der Waals surface area contributed by atoms with Crippen LogP contribution in [0.5, 0.6) is 0 Å². The molecular weight excluding hydrogens is 398 g/mol. The summed E-state index contributed by atoms with van der Waals surface area (Å²) < 4.78 is 4.40. The van der Waals surface area contributed by atoms with Gasteiger partial charge in [-0.15, -0.1) is 0 Å². The van der Waals surface area contributed by atoms with Crippen LogP contribution < -0.4 is 5.73 Å². The quantitative estimate of drug-likeness (QED) is 0.442. The minimum atomic E-state index is -0.174. The highest BCUT2D eigenvalue weighted by Gasteiger charge is 2.24. The van der Waals surface area contributed by atoms with E-state index < -0.39 is 0 Å². The number of nitrogens with zero attached hydrogens (tertiary/aromatic N) is 6. The van der Waals surface area contributed by atoms with Crippen molar-refractivity contribution in [1.82, 2.24) is 29.1 Å². The molecule has 2 aromatic carbocycles. The highest BCUT2D eigenvalue weighted by Crippen LogP contribution is 2.35. The summed E-state index contributed by atoms with van der Waals surface area (Å²) in [7, 11) is 0. The van der Waals surface area contributed by atoms with E-state index in [0.29, 0.717) is 0 Å². The van der Waals surface area contributed by atoms with Crippen molar-refractivity contribution in [1.29, 1.82) is 0 Å². The topological polar surface area (TPSA) is 87.4 Å². The van der Waals surface area contributed by atoms with E-state index in [0.717, 1.165) is 45.1 Å². The minimum Gasteiger partial charge on any atom is -0.368 e. The molecule has 0 bridgehead atoms. The summed E-state index contributed by atoms with van der Waals surface area (Å²) >= 11 is 0. The Hall–Kier alpha value is -4.00. The second kappa shape index (κ2) is 7.30. The third-order valence-corrected chi connectivity index (χ3v) is 5.56. The van der Waals surface area contributed by atoms with Crippen LogP contribution in [0.1, 0.15) is 26.6 Å². The molecule has 7 nitrogen and oxygen atoms in total. The Bertz CT molecular complexity index is 1420. The van der Waals surface area contributed by atoms with Gasteiger partial charge in [0.05, 0.1) is 16.7 Å². The molecule has 0 fully saturated rings. The van der Waals surface area contributed by atoms with E-state index in [1.54, 1.807) is 12.4 Å². The lowest BCUT2D eigenvalue weighted by atomic mass is 10.0. The summed E-state index contributed by atoms with van der Waals surface area (Å²) in [4.78, 5) is 17.8. The number of benzene rings is 2. The number of imidazole rings is 2. The van der Waals surface area contributed by atoms with E-state index in [2.05, 4.69) is 81.3 Å². The van der Waals surface area contributed by atoms with Crippen molar-refractivity contribution in [3.63, 3.8) is 0 Å². The summed E-state index contributed by atoms with van der Waals surface area (Å²) in [6.07, 6.45) is 7.28. The molecular formula is C25H25N7. The van der Waals surface area contributed by atoms with Gasteiger partial charge in [-0.25, -0.2) is 19.9 Å². The molecule has 5 aromatic rings. The first-order chi connectivity index (χ1) is 15.3. The van der Waals surface area contributed by atoms with Gasteiger partial charge < -0.3 is 14.9 Å². The molecule has 3 aromatic heterocycles. The number of aryl methyl sites for hydroxylation is 1. The Balaban J connectivity index is 1.75. The van der Waals surface area contributed by atoms with E-state index in [1.165, 1.54) is 0 Å². The summed E-state index contributed by atoms with van der Waals surface area (Å²) in [5, 5.41) is 0. The number of hydrogen-bond donors (Lipinski definition) is 1. The van der Waals surface area contributed by atoms with Gasteiger partial charge in [0.25, 0.3) is 0 Å². The van der Waals surface area contributed by atoms with Gasteiger partial charge >= 0.3 is 0 Å². The molecule has 0 atom stereocenters. The molecule has 0 spiro atoms. The summed E-state index contributed by atoms with van der Waals surface area (Å²) in [5.74, 6) is 2.11. The van der Waals surface area contributed by atoms with Crippen molar-refractivity contribution >= 4 is 17.0 Å². The van der Waals surface area contributed by atoms with Crippen LogP contribution in [-0.4, -0.2) is 29.1 Å². The molecule has 160 valence electrons. The summed E-state index contributed by atoms with van der Waals surface area (Å²) in [5.41, 5.74) is 11.5. The maximum atomic E-state index is 5.65. The number of nitrogens with two attached hydrogens (primary N) is 1. The van der Waals surface area contributed by atoms with Crippen molar-refractivity contribution in [2.75, 3.05) is 5.73 Å². The van der Waals surface area contributed by atoms with E-state index in [1.807, 2.05) is 25.4 Å². The molecule has 0 aliphatic carbocycles. The van der Waals surface area contributed by atoms with E-state index in [4.69, 9.17) is 10.7 Å².